The van der Waals surface area contributed by atoms with Crippen LogP contribution in [0.5, 0.6) is 0 Å². The summed E-state index contributed by atoms with van der Waals surface area (Å²) in [5, 5.41) is 2.91. The summed E-state index contributed by atoms with van der Waals surface area (Å²) in [6.45, 7) is 4.24. The van der Waals surface area contributed by atoms with Crippen LogP contribution in [0.4, 0.5) is 0 Å². The van der Waals surface area contributed by atoms with Crippen LogP contribution in [0.25, 0.3) is 0 Å². The van der Waals surface area contributed by atoms with Gasteiger partial charge in [-0.25, -0.2) is 0 Å². The maximum atomic E-state index is 11.6. The average molecular weight is 227 g/mol. The Morgan fingerprint density at radius 3 is 2.75 bits per heavy atom. The second-order valence-corrected chi connectivity index (χ2v) is 5.24. The van der Waals surface area contributed by atoms with E-state index in [0.717, 1.165) is 6.42 Å². The molecule has 0 aromatic heterocycles. The van der Waals surface area contributed by atoms with Gasteiger partial charge in [0.05, 0.1) is 0 Å². The molecule has 0 aromatic carbocycles. The van der Waals surface area contributed by atoms with E-state index in [1.165, 1.54) is 0 Å². The lowest BCUT2D eigenvalue weighted by atomic mass is 10.0. The van der Waals surface area contributed by atoms with Crippen LogP contribution in [0, 0.1) is 0 Å². The van der Waals surface area contributed by atoms with E-state index < -0.39 is 5.54 Å². The first-order valence-electron chi connectivity index (χ1n) is 5.60. The maximum Gasteiger partial charge on any atom is 0.222 e. The number of piperidine rings is 1. The van der Waals surface area contributed by atoms with E-state index in [1.54, 1.807) is 11.9 Å². The molecule has 0 bridgehead atoms. The van der Waals surface area contributed by atoms with Gasteiger partial charge in [0.2, 0.25) is 11.8 Å². The number of nitrogens with one attached hydrogen (secondary N) is 1. The number of likely N-dealkylation sites (tertiary alicyclic amines) is 1. The molecule has 1 heterocycles. The molecule has 1 saturated heterocycles. The smallest absolute Gasteiger partial charge is 0.222 e. The van der Waals surface area contributed by atoms with E-state index in [4.69, 9.17) is 5.73 Å². The van der Waals surface area contributed by atoms with Crippen molar-refractivity contribution in [1.82, 2.24) is 10.2 Å². The number of rotatable bonds is 3. The number of amides is 2. The predicted octanol–water partition coefficient (Wildman–Crippen LogP) is -0.149. The minimum Gasteiger partial charge on any atom is -0.352 e. The highest BCUT2D eigenvalue weighted by atomic mass is 16.2. The molecular weight excluding hydrogens is 206 g/mol. The molecule has 0 aliphatic carbocycles. The minimum absolute atomic E-state index is 0.0414. The van der Waals surface area contributed by atoms with E-state index in [1.807, 2.05) is 13.8 Å². The number of nitrogens with zero attached hydrogens (tertiary/aromatic N) is 1. The molecule has 0 spiro atoms. The largest absolute Gasteiger partial charge is 0.352 e. The molecule has 1 fully saturated rings. The van der Waals surface area contributed by atoms with Gasteiger partial charge in [0.15, 0.2) is 0 Å². The average Bonchev–Trinajstić information content (AvgIpc) is 2.08. The SMILES string of the molecule is CN1CC(NC(=O)CC(C)(C)N)CCC1=O. The Labute approximate surface area is 96.4 Å². The van der Waals surface area contributed by atoms with E-state index in [2.05, 4.69) is 5.32 Å². The lowest BCUT2D eigenvalue weighted by Gasteiger charge is -2.30. The van der Waals surface area contributed by atoms with Crippen LogP contribution in [0.2, 0.25) is 0 Å². The van der Waals surface area contributed by atoms with Crippen LogP contribution < -0.4 is 11.1 Å². The summed E-state index contributed by atoms with van der Waals surface area (Å²) in [6, 6.07) is 0.0672. The van der Waals surface area contributed by atoms with Gasteiger partial charge in [-0.05, 0) is 20.3 Å². The summed E-state index contributed by atoms with van der Waals surface area (Å²) in [7, 11) is 1.76. The Hall–Kier alpha value is -1.10. The highest BCUT2D eigenvalue weighted by Gasteiger charge is 2.25. The highest BCUT2D eigenvalue weighted by molar-refractivity contribution is 5.79. The van der Waals surface area contributed by atoms with Gasteiger partial charge in [-0.1, -0.05) is 0 Å². The van der Waals surface area contributed by atoms with Crippen LogP contribution in [0.15, 0.2) is 0 Å². The van der Waals surface area contributed by atoms with Gasteiger partial charge in [-0.15, -0.1) is 0 Å². The van der Waals surface area contributed by atoms with E-state index in [0.29, 0.717) is 19.4 Å². The van der Waals surface area contributed by atoms with Crippen molar-refractivity contribution in [2.75, 3.05) is 13.6 Å². The molecule has 5 nitrogen and oxygen atoms in total. The zero-order valence-corrected chi connectivity index (χ0v) is 10.2. The van der Waals surface area contributed by atoms with Gasteiger partial charge in [0.25, 0.3) is 0 Å². The minimum atomic E-state index is -0.486. The van der Waals surface area contributed by atoms with Crippen molar-refractivity contribution in [1.29, 1.82) is 0 Å². The van der Waals surface area contributed by atoms with Crippen molar-refractivity contribution in [2.45, 2.75) is 44.7 Å². The molecule has 0 radical (unpaired) electrons. The number of carbonyl (C=O) groups excluding carboxylic acids is 2. The van der Waals surface area contributed by atoms with Crippen molar-refractivity contribution in [3.63, 3.8) is 0 Å². The molecule has 1 rings (SSSR count). The molecule has 5 heteroatoms. The van der Waals surface area contributed by atoms with Crippen molar-refractivity contribution in [3.8, 4) is 0 Å². The summed E-state index contributed by atoms with van der Waals surface area (Å²) in [6.07, 6.45) is 1.54. The topological polar surface area (TPSA) is 75.4 Å². The second kappa shape index (κ2) is 4.82. The first kappa shape index (κ1) is 13.0. The Morgan fingerprint density at radius 1 is 1.62 bits per heavy atom. The molecule has 1 atom stereocenters. The monoisotopic (exact) mass is 227 g/mol. The molecule has 92 valence electrons. The van der Waals surface area contributed by atoms with Crippen LogP contribution >= 0.6 is 0 Å². The Kier molecular flexibility index (Phi) is 3.91. The summed E-state index contributed by atoms with van der Waals surface area (Å²) in [4.78, 5) is 24.5. The molecule has 1 aliphatic heterocycles. The third-order valence-electron chi connectivity index (χ3n) is 2.61. The Balaban J connectivity index is 2.38. The molecule has 1 unspecified atom stereocenters. The highest BCUT2D eigenvalue weighted by Crippen LogP contribution is 2.10. The number of carbonyl (C=O) groups is 2. The zero-order chi connectivity index (χ0) is 12.3. The van der Waals surface area contributed by atoms with Crippen molar-refractivity contribution >= 4 is 11.8 Å². The van der Waals surface area contributed by atoms with E-state index >= 15 is 0 Å². The van der Waals surface area contributed by atoms with Gasteiger partial charge in [0, 0.05) is 38.0 Å². The van der Waals surface area contributed by atoms with Crippen LogP contribution in [-0.2, 0) is 9.59 Å². The fourth-order valence-corrected chi connectivity index (χ4v) is 1.82. The Morgan fingerprint density at radius 2 is 2.25 bits per heavy atom. The van der Waals surface area contributed by atoms with Gasteiger partial charge < -0.3 is 16.0 Å². The summed E-state index contributed by atoms with van der Waals surface area (Å²) in [5.41, 5.74) is 5.28. The first-order chi connectivity index (χ1) is 7.28. The fourth-order valence-electron chi connectivity index (χ4n) is 1.82. The number of hydrogen-bond donors (Lipinski definition) is 2. The van der Waals surface area contributed by atoms with E-state index in [-0.39, 0.29) is 17.9 Å². The fraction of sp³-hybridized carbons (Fsp3) is 0.818. The predicted molar refractivity (Wildman–Crippen MR) is 61.7 cm³/mol. The van der Waals surface area contributed by atoms with Crippen LogP contribution in [0.3, 0.4) is 0 Å². The van der Waals surface area contributed by atoms with Crippen molar-refractivity contribution < 1.29 is 9.59 Å². The number of likely N-dealkylation sites (N-methyl/N-ethyl adjacent to an activating group) is 1. The standard InChI is InChI=1S/C11H21N3O2/c1-11(2,12)6-9(15)13-8-4-5-10(16)14(3)7-8/h8H,4-7,12H2,1-3H3,(H,13,15). The summed E-state index contributed by atoms with van der Waals surface area (Å²) in [5.74, 6) is 0.102. The first-order valence-corrected chi connectivity index (χ1v) is 5.60. The lowest BCUT2D eigenvalue weighted by Crippen LogP contribution is -2.50. The quantitative estimate of drug-likeness (QED) is 0.704. The van der Waals surface area contributed by atoms with Gasteiger partial charge in [0.1, 0.15) is 0 Å². The van der Waals surface area contributed by atoms with Crippen molar-refractivity contribution in [3.05, 3.63) is 0 Å². The maximum absolute atomic E-state index is 11.6. The molecule has 0 aromatic rings. The zero-order valence-electron chi connectivity index (χ0n) is 10.2. The normalized spacial score (nSPS) is 22.1. The number of nitrogens with two attached hydrogens (primary N) is 1. The summed E-state index contributed by atoms with van der Waals surface area (Å²) >= 11 is 0. The molecular formula is C11H21N3O2. The lowest BCUT2D eigenvalue weighted by molar-refractivity contribution is -0.134. The second-order valence-electron chi connectivity index (χ2n) is 5.24. The third kappa shape index (κ3) is 4.18. The molecule has 2 amide bonds. The molecule has 3 N–H and O–H groups in total. The van der Waals surface area contributed by atoms with E-state index in [9.17, 15) is 9.59 Å². The third-order valence-corrected chi connectivity index (χ3v) is 2.61. The van der Waals surface area contributed by atoms with Gasteiger partial charge in [-0.2, -0.15) is 0 Å². The van der Waals surface area contributed by atoms with Crippen LogP contribution in [-0.4, -0.2) is 41.9 Å². The van der Waals surface area contributed by atoms with Gasteiger partial charge >= 0.3 is 0 Å². The molecule has 1 aliphatic rings. The van der Waals surface area contributed by atoms with Crippen molar-refractivity contribution in [2.24, 2.45) is 5.73 Å². The molecule has 0 saturated carbocycles. The van der Waals surface area contributed by atoms with Gasteiger partial charge in [-0.3, -0.25) is 9.59 Å². The number of hydrogen-bond acceptors (Lipinski definition) is 3. The molecule has 16 heavy (non-hydrogen) atoms. The summed E-state index contributed by atoms with van der Waals surface area (Å²) < 4.78 is 0. The Bertz CT molecular complexity index is 283. The van der Waals surface area contributed by atoms with Crippen LogP contribution in [0.1, 0.15) is 33.1 Å².